The lowest BCUT2D eigenvalue weighted by Gasteiger charge is -2.26. The molecule has 4 rings (SSSR count). The SMILES string of the molecule is CCC1c2cc(Cl)ccc2C(=O)N1c1cncc2c1CCC2NS(C)(=O)=O. The van der Waals surface area contributed by atoms with Crippen molar-refractivity contribution < 1.29 is 13.2 Å². The molecule has 6 nitrogen and oxygen atoms in total. The molecule has 142 valence electrons. The second-order valence-corrected chi connectivity index (χ2v) is 9.25. The molecule has 0 radical (unpaired) electrons. The molecule has 2 aromatic rings. The van der Waals surface area contributed by atoms with Crippen LogP contribution in [0.15, 0.2) is 30.6 Å². The van der Waals surface area contributed by atoms with Crippen molar-refractivity contribution >= 4 is 33.2 Å². The van der Waals surface area contributed by atoms with Crippen molar-refractivity contribution in [1.29, 1.82) is 0 Å². The van der Waals surface area contributed by atoms with Crippen LogP contribution in [-0.4, -0.2) is 25.6 Å². The molecule has 0 saturated heterocycles. The third-order valence-corrected chi connectivity index (χ3v) is 6.21. The third-order valence-electron chi connectivity index (χ3n) is 5.26. The van der Waals surface area contributed by atoms with E-state index >= 15 is 0 Å². The van der Waals surface area contributed by atoms with Crippen molar-refractivity contribution in [2.75, 3.05) is 11.2 Å². The van der Waals surface area contributed by atoms with Gasteiger partial charge < -0.3 is 0 Å². The molecule has 0 fully saturated rings. The number of benzene rings is 1. The highest BCUT2D eigenvalue weighted by molar-refractivity contribution is 7.88. The molecule has 0 spiro atoms. The largest absolute Gasteiger partial charge is 0.299 e. The van der Waals surface area contributed by atoms with Gasteiger partial charge in [-0.15, -0.1) is 0 Å². The van der Waals surface area contributed by atoms with Gasteiger partial charge in [0.25, 0.3) is 5.91 Å². The first-order valence-electron chi connectivity index (χ1n) is 8.87. The van der Waals surface area contributed by atoms with Gasteiger partial charge in [0.1, 0.15) is 0 Å². The lowest BCUT2D eigenvalue weighted by Crippen LogP contribution is -2.29. The Morgan fingerprint density at radius 1 is 1.30 bits per heavy atom. The number of carbonyl (C=O) groups excluding carboxylic acids is 1. The Morgan fingerprint density at radius 2 is 2.07 bits per heavy atom. The van der Waals surface area contributed by atoms with E-state index in [1.54, 1.807) is 29.4 Å². The summed E-state index contributed by atoms with van der Waals surface area (Å²) in [6.45, 7) is 2.03. The Labute approximate surface area is 163 Å². The van der Waals surface area contributed by atoms with Crippen molar-refractivity contribution in [2.45, 2.75) is 38.3 Å². The molecule has 2 unspecified atom stereocenters. The molecule has 2 heterocycles. The lowest BCUT2D eigenvalue weighted by atomic mass is 10.0. The first-order valence-corrected chi connectivity index (χ1v) is 11.1. The maximum atomic E-state index is 13.1. The van der Waals surface area contributed by atoms with E-state index < -0.39 is 10.0 Å². The molecule has 1 aliphatic carbocycles. The van der Waals surface area contributed by atoms with Gasteiger partial charge in [0.2, 0.25) is 10.0 Å². The van der Waals surface area contributed by atoms with E-state index in [0.717, 1.165) is 35.1 Å². The van der Waals surface area contributed by atoms with Crippen LogP contribution in [0.2, 0.25) is 5.02 Å². The topological polar surface area (TPSA) is 79.4 Å². The molecular weight excluding hydrogens is 386 g/mol. The maximum Gasteiger partial charge on any atom is 0.259 e. The number of aromatic nitrogens is 1. The number of amides is 1. The minimum absolute atomic E-state index is 0.0664. The van der Waals surface area contributed by atoms with E-state index in [-0.39, 0.29) is 18.0 Å². The van der Waals surface area contributed by atoms with Crippen molar-refractivity contribution in [1.82, 2.24) is 9.71 Å². The molecule has 1 aromatic heterocycles. The number of carbonyl (C=O) groups is 1. The summed E-state index contributed by atoms with van der Waals surface area (Å²) in [5, 5.41) is 0.607. The highest BCUT2D eigenvalue weighted by Gasteiger charge is 2.39. The van der Waals surface area contributed by atoms with Crippen molar-refractivity contribution in [3.63, 3.8) is 0 Å². The van der Waals surface area contributed by atoms with Crippen LogP contribution in [0.3, 0.4) is 0 Å². The van der Waals surface area contributed by atoms with Crippen LogP contribution >= 0.6 is 11.6 Å². The Balaban J connectivity index is 1.78. The molecule has 1 amide bonds. The number of rotatable bonds is 4. The van der Waals surface area contributed by atoms with Gasteiger partial charge in [0.15, 0.2) is 0 Å². The molecule has 0 saturated carbocycles. The van der Waals surface area contributed by atoms with Gasteiger partial charge in [0.05, 0.1) is 24.2 Å². The van der Waals surface area contributed by atoms with Crippen molar-refractivity contribution in [3.05, 3.63) is 57.9 Å². The highest BCUT2D eigenvalue weighted by atomic mass is 35.5. The summed E-state index contributed by atoms with van der Waals surface area (Å²) in [4.78, 5) is 19.2. The number of fused-ring (bicyclic) bond motifs is 2. The van der Waals surface area contributed by atoms with Gasteiger partial charge in [0, 0.05) is 22.8 Å². The minimum Gasteiger partial charge on any atom is -0.299 e. The fourth-order valence-corrected chi connectivity index (χ4v) is 5.13. The normalized spacial score (nSPS) is 21.4. The first-order chi connectivity index (χ1) is 12.8. The summed E-state index contributed by atoms with van der Waals surface area (Å²) in [5.41, 5.74) is 4.17. The summed E-state index contributed by atoms with van der Waals surface area (Å²) in [6, 6.07) is 4.94. The van der Waals surface area contributed by atoms with Gasteiger partial charge >= 0.3 is 0 Å². The number of pyridine rings is 1. The summed E-state index contributed by atoms with van der Waals surface area (Å²) in [7, 11) is -3.33. The number of nitrogens with zero attached hydrogens (tertiary/aromatic N) is 2. The molecule has 8 heteroatoms. The number of anilines is 1. The van der Waals surface area contributed by atoms with Crippen molar-refractivity contribution in [3.8, 4) is 0 Å². The molecule has 2 atom stereocenters. The van der Waals surface area contributed by atoms with Gasteiger partial charge in [-0.25, -0.2) is 13.1 Å². The molecule has 1 aliphatic heterocycles. The van der Waals surface area contributed by atoms with Gasteiger partial charge in [-0.3, -0.25) is 14.7 Å². The van der Waals surface area contributed by atoms with Crippen LogP contribution in [0.25, 0.3) is 0 Å². The number of halogens is 1. The zero-order valence-corrected chi connectivity index (χ0v) is 16.6. The average Bonchev–Trinajstić information content (AvgIpc) is 3.12. The molecular formula is C19H20ClN3O3S. The maximum absolute atomic E-state index is 13.1. The van der Waals surface area contributed by atoms with E-state index in [2.05, 4.69) is 9.71 Å². The number of hydrogen-bond donors (Lipinski definition) is 1. The van der Waals surface area contributed by atoms with Gasteiger partial charge in [-0.05, 0) is 54.2 Å². The van der Waals surface area contributed by atoms with Crippen LogP contribution in [0.5, 0.6) is 0 Å². The van der Waals surface area contributed by atoms with E-state index in [1.807, 2.05) is 13.0 Å². The second kappa shape index (κ2) is 6.58. The molecule has 0 bridgehead atoms. The number of nitrogens with one attached hydrogen (secondary N) is 1. The molecule has 27 heavy (non-hydrogen) atoms. The average molecular weight is 406 g/mol. The van der Waals surface area contributed by atoms with E-state index in [1.165, 1.54) is 0 Å². The number of hydrogen-bond acceptors (Lipinski definition) is 4. The quantitative estimate of drug-likeness (QED) is 0.845. The summed E-state index contributed by atoms with van der Waals surface area (Å²) in [5.74, 6) is -0.0664. The van der Waals surface area contributed by atoms with Crippen LogP contribution < -0.4 is 9.62 Å². The van der Waals surface area contributed by atoms with Gasteiger partial charge in [-0.1, -0.05) is 18.5 Å². The summed E-state index contributed by atoms with van der Waals surface area (Å²) in [6.07, 6.45) is 6.64. The third kappa shape index (κ3) is 3.13. The Kier molecular flexibility index (Phi) is 4.49. The predicted molar refractivity (Wildman–Crippen MR) is 105 cm³/mol. The minimum atomic E-state index is -3.33. The molecule has 1 aromatic carbocycles. The molecule has 1 N–H and O–H groups in total. The summed E-state index contributed by atoms with van der Waals surface area (Å²) >= 11 is 6.15. The van der Waals surface area contributed by atoms with Crippen LogP contribution in [0.1, 0.15) is 58.9 Å². The monoisotopic (exact) mass is 405 g/mol. The van der Waals surface area contributed by atoms with E-state index in [0.29, 0.717) is 23.4 Å². The standard InChI is InChI=1S/C19H20ClN3O3S/c1-3-17-14-8-11(20)4-5-13(14)19(24)23(17)18-10-21-9-15-12(18)6-7-16(15)22-27(2,25)26/h4-5,8-10,16-17,22H,3,6-7H2,1-2H3. The van der Waals surface area contributed by atoms with Crippen LogP contribution in [0, 0.1) is 0 Å². The highest BCUT2D eigenvalue weighted by Crippen LogP contribution is 2.44. The van der Waals surface area contributed by atoms with Crippen LogP contribution in [-0.2, 0) is 16.4 Å². The van der Waals surface area contributed by atoms with E-state index in [4.69, 9.17) is 11.6 Å². The van der Waals surface area contributed by atoms with Gasteiger partial charge in [-0.2, -0.15) is 0 Å². The first kappa shape index (κ1) is 18.4. The molecule has 2 aliphatic rings. The lowest BCUT2D eigenvalue weighted by molar-refractivity contribution is 0.0990. The fourth-order valence-electron chi connectivity index (χ4n) is 4.19. The Bertz CT molecular complexity index is 1040. The predicted octanol–water partition coefficient (Wildman–Crippen LogP) is 3.38. The summed E-state index contributed by atoms with van der Waals surface area (Å²) < 4.78 is 26.0. The van der Waals surface area contributed by atoms with Crippen LogP contribution in [0.4, 0.5) is 5.69 Å². The van der Waals surface area contributed by atoms with Crippen molar-refractivity contribution in [2.24, 2.45) is 0 Å². The Hall–Kier alpha value is -1.96. The smallest absolute Gasteiger partial charge is 0.259 e. The zero-order chi connectivity index (χ0) is 19.3. The second-order valence-electron chi connectivity index (χ2n) is 7.04. The van der Waals surface area contributed by atoms with E-state index in [9.17, 15) is 13.2 Å². The Morgan fingerprint density at radius 3 is 2.78 bits per heavy atom. The fraction of sp³-hybridized carbons (Fsp3) is 0.368. The zero-order valence-electron chi connectivity index (χ0n) is 15.1. The number of sulfonamides is 1.